The number of imide groups is 1. The average molecular weight is 191 g/mol. The van der Waals surface area contributed by atoms with Gasteiger partial charge in [0.15, 0.2) is 0 Å². The molecule has 5 heteroatoms. The maximum Gasteiger partial charge on any atom is 0.286 e. The Balaban J connectivity index is 2.59. The van der Waals surface area contributed by atoms with Gasteiger partial charge in [0, 0.05) is 5.25 Å². The second kappa shape index (κ2) is 3.49. The Morgan fingerprint density at radius 1 is 1.73 bits per heavy atom. The normalized spacial score (nSPS) is 26.9. The van der Waals surface area contributed by atoms with Crippen LogP contribution in [0.3, 0.4) is 0 Å². The lowest BCUT2D eigenvalue weighted by Crippen LogP contribution is -2.29. The second-order valence-electron chi connectivity index (χ2n) is 2.29. The van der Waals surface area contributed by atoms with Gasteiger partial charge in [0.1, 0.15) is 5.25 Å². The fraction of sp³-hybridized carbons (Fsp3) is 0.667. The summed E-state index contributed by atoms with van der Waals surface area (Å²) in [6.07, 6.45) is 0.793. The van der Waals surface area contributed by atoms with E-state index < -0.39 is 0 Å². The van der Waals surface area contributed by atoms with Crippen LogP contribution in [0.15, 0.2) is 0 Å². The van der Waals surface area contributed by atoms with Crippen LogP contribution in [0.1, 0.15) is 13.3 Å². The molecule has 0 aliphatic carbocycles. The van der Waals surface area contributed by atoms with Crippen molar-refractivity contribution >= 4 is 35.5 Å². The van der Waals surface area contributed by atoms with E-state index in [2.05, 4.69) is 17.9 Å². The number of thioether (sulfide) groups is 1. The summed E-state index contributed by atoms with van der Waals surface area (Å²) < 4.78 is 0. The van der Waals surface area contributed by atoms with Crippen LogP contribution in [0, 0.1) is 0 Å². The van der Waals surface area contributed by atoms with Crippen molar-refractivity contribution in [2.24, 2.45) is 0 Å². The quantitative estimate of drug-likeness (QED) is 0.641. The lowest BCUT2D eigenvalue weighted by atomic mass is 10.2. The van der Waals surface area contributed by atoms with Gasteiger partial charge >= 0.3 is 0 Å². The third kappa shape index (κ3) is 1.90. The van der Waals surface area contributed by atoms with Crippen LogP contribution >= 0.6 is 24.4 Å². The van der Waals surface area contributed by atoms with Crippen molar-refractivity contribution in [3.05, 3.63) is 0 Å². The van der Waals surface area contributed by atoms with E-state index in [1.807, 2.05) is 6.92 Å². The summed E-state index contributed by atoms with van der Waals surface area (Å²) in [7, 11) is 0. The van der Waals surface area contributed by atoms with E-state index in [0.29, 0.717) is 0 Å². The van der Waals surface area contributed by atoms with Crippen LogP contribution in [-0.2, 0) is 4.79 Å². The van der Waals surface area contributed by atoms with Crippen molar-refractivity contribution < 1.29 is 9.59 Å². The van der Waals surface area contributed by atoms with Crippen molar-refractivity contribution in [2.45, 2.75) is 23.8 Å². The lowest BCUT2D eigenvalue weighted by molar-refractivity contribution is -0.118. The minimum absolute atomic E-state index is 0.0218. The lowest BCUT2D eigenvalue weighted by Gasteiger charge is -2.10. The first-order valence-electron chi connectivity index (χ1n) is 3.34. The van der Waals surface area contributed by atoms with Gasteiger partial charge in [0.25, 0.3) is 5.24 Å². The molecule has 0 saturated carbocycles. The standard InChI is InChI=1S/C6H9NO2S2/c1-2-3(10)4-5(8)7-6(9)11-4/h3-4,10H,2H2,1H3,(H,7,8,9). The van der Waals surface area contributed by atoms with Crippen LogP contribution < -0.4 is 5.32 Å². The summed E-state index contributed by atoms with van der Waals surface area (Å²) in [5.41, 5.74) is 0. The molecule has 1 N–H and O–H groups in total. The molecule has 0 aromatic heterocycles. The average Bonchev–Trinajstić information content (AvgIpc) is 2.28. The maximum atomic E-state index is 11.0. The van der Waals surface area contributed by atoms with Gasteiger partial charge in [0.2, 0.25) is 5.91 Å². The molecule has 1 aliphatic heterocycles. The molecule has 1 fully saturated rings. The zero-order valence-corrected chi connectivity index (χ0v) is 7.74. The minimum Gasteiger partial charge on any atom is -0.286 e. The topological polar surface area (TPSA) is 46.2 Å². The van der Waals surface area contributed by atoms with Crippen LogP contribution in [-0.4, -0.2) is 21.6 Å². The highest BCUT2D eigenvalue weighted by Gasteiger charge is 2.35. The predicted molar refractivity (Wildman–Crippen MR) is 48.0 cm³/mol. The molecule has 11 heavy (non-hydrogen) atoms. The molecule has 62 valence electrons. The van der Waals surface area contributed by atoms with Crippen LogP contribution in [0.4, 0.5) is 4.79 Å². The Morgan fingerprint density at radius 3 is 2.73 bits per heavy atom. The molecular formula is C6H9NO2S2. The molecule has 1 rings (SSSR count). The second-order valence-corrected chi connectivity index (χ2v) is 4.07. The fourth-order valence-corrected chi connectivity index (χ4v) is 2.06. The zero-order valence-electron chi connectivity index (χ0n) is 6.03. The summed E-state index contributed by atoms with van der Waals surface area (Å²) in [5, 5.41) is 1.64. The van der Waals surface area contributed by atoms with E-state index in [1.165, 1.54) is 0 Å². The molecule has 1 heterocycles. The van der Waals surface area contributed by atoms with Crippen LogP contribution in [0.5, 0.6) is 0 Å². The van der Waals surface area contributed by atoms with E-state index >= 15 is 0 Å². The predicted octanol–water partition coefficient (Wildman–Crippen LogP) is 1.05. The Labute approximate surface area is 74.7 Å². The summed E-state index contributed by atoms with van der Waals surface area (Å²) in [6.45, 7) is 1.94. The first kappa shape index (κ1) is 8.93. The number of amides is 2. The van der Waals surface area contributed by atoms with Crippen molar-refractivity contribution in [1.29, 1.82) is 0 Å². The number of rotatable bonds is 2. The Morgan fingerprint density at radius 2 is 2.36 bits per heavy atom. The molecular weight excluding hydrogens is 182 g/mol. The molecule has 0 bridgehead atoms. The van der Waals surface area contributed by atoms with Gasteiger partial charge in [-0.15, -0.1) is 0 Å². The summed E-state index contributed by atoms with van der Waals surface area (Å²) in [6, 6.07) is 0. The van der Waals surface area contributed by atoms with Gasteiger partial charge in [-0.05, 0) is 18.2 Å². The monoisotopic (exact) mass is 191 g/mol. The molecule has 0 spiro atoms. The Kier molecular flexibility index (Phi) is 2.84. The van der Waals surface area contributed by atoms with Crippen LogP contribution in [0.2, 0.25) is 0 Å². The van der Waals surface area contributed by atoms with E-state index in [1.54, 1.807) is 0 Å². The van der Waals surface area contributed by atoms with Crippen molar-refractivity contribution in [3.63, 3.8) is 0 Å². The van der Waals surface area contributed by atoms with Gasteiger partial charge in [-0.2, -0.15) is 12.6 Å². The Hall–Kier alpha value is -0.160. The molecule has 0 aromatic carbocycles. The third-order valence-corrected chi connectivity index (χ3v) is 3.46. The van der Waals surface area contributed by atoms with Crippen molar-refractivity contribution in [3.8, 4) is 0 Å². The largest absolute Gasteiger partial charge is 0.286 e. The van der Waals surface area contributed by atoms with E-state index in [-0.39, 0.29) is 21.6 Å². The fourth-order valence-electron chi connectivity index (χ4n) is 0.837. The SMILES string of the molecule is CCC(S)C1SC(=O)NC1=O. The van der Waals surface area contributed by atoms with E-state index in [4.69, 9.17) is 0 Å². The molecule has 0 radical (unpaired) electrons. The van der Waals surface area contributed by atoms with E-state index in [9.17, 15) is 9.59 Å². The number of carbonyl (C=O) groups is 2. The molecule has 2 atom stereocenters. The number of nitrogens with one attached hydrogen (secondary N) is 1. The highest BCUT2D eigenvalue weighted by atomic mass is 32.2. The molecule has 1 saturated heterocycles. The highest BCUT2D eigenvalue weighted by Crippen LogP contribution is 2.26. The van der Waals surface area contributed by atoms with Gasteiger partial charge in [-0.3, -0.25) is 14.9 Å². The highest BCUT2D eigenvalue weighted by molar-refractivity contribution is 8.15. The van der Waals surface area contributed by atoms with Gasteiger partial charge in [-0.25, -0.2) is 0 Å². The molecule has 1 aliphatic rings. The van der Waals surface area contributed by atoms with Crippen LogP contribution in [0.25, 0.3) is 0 Å². The smallest absolute Gasteiger partial charge is 0.286 e. The third-order valence-electron chi connectivity index (χ3n) is 1.49. The number of thiol groups is 1. The number of carbonyl (C=O) groups excluding carboxylic acids is 2. The zero-order chi connectivity index (χ0) is 8.43. The van der Waals surface area contributed by atoms with Gasteiger partial charge < -0.3 is 0 Å². The minimum atomic E-state index is -0.296. The summed E-state index contributed by atoms with van der Waals surface area (Å²) in [5.74, 6) is -0.207. The number of hydrogen-bond donors (Lipinski definition) is 2. The first-order chi connectivity index (χ1) is 5.15. The van der Waals surface area contributed by atoms with E-state index in [0.717, 1.165) is 18.2 Å². The summed E-state index contributed by atoms with van der Waals surface area (Å²) >= 11 is 5.22. The molecule has 2 amide bonds. The molecule has 2 unspecified atom stereocenters. The number of hydrogen-bond acceptors (Lipinski definition) is 4. The van der Waals surface area contributed by atoms with Gasteiger partial charge in [-0.1, -0.05) is 6.92 Å². The molecule has 0 aromatic rings. The Bertz CT molecular complexity index is 195. The van der Waals surface area contributed by atoms with Crippen molar-refractivity contribution in [2.75, 3.05) is 0 Å². The molecule has 3 nitrogen and oxygen atoms in total. The first-order valence-corrected chi connectivity index (χ1v) is 4.74. The maximum absolute atomic E-state index is 11.0. The van der Waals surface area contributed by atoms with Crippen molar-refractivity contribution in [1.82, 2.24) is 5.32 Å². The van der Waals surface area contributed by atoms with Gasteiger partial charge in [0.05, 0.1) is 0 Å². The summed E-state index contributed by atoms with van der Waals surface area (Å²) in [4.78, 5) is 21.7.